The molecule has 0 amide bonds. The van der Waals surface area contributed by atoms with Crippen molar-refractivity contribution in [3.63, 3.8) is 0 Å². The van der Waals surface area contributed by atoms with Crippen molar-refractivity contribution in [3.05, 3.63) is 83.3 Å². The maximum Gasteiger partial charge on any atom is 0.138 e. The average Bonchev–Trinajstić information content (AvgIpc) is 3.13. The predicted molar refractivity (Wildman–Crippen MR) is 212 cm³/mol. The van der Waals surface area contributed by atoms with E-state index in [2.05, 4.69) is 60.1 Å². The standard InChI is InChI=1S/C44H66N2O4/c1-3-45-31-35-49-33-21-19-17-15-13-11-9-7-5-6-8-10-12-14-16-18-20-22-34-50-36-32-46(4-2)40-29-25-38(26-30-40)42-43(47)41(44(42)48)37-23-27-39(45)28-24-37/h5-6,23-30,47-48H,3-4,7-22,31-36H2,1-2H3. The van der Waals surface area contributed by atoms with Crippen molar-refractivity contribution in [1.82, 2.24) is 0 Å². The molecule has 4 aliphatic heterocycles. The topological polar surface area (TPSA) is 65.4 Å². The summed E-state index contributed by atoms with van der Waals surface area (Å²) >= 11 is 0. The second-order valence-electron chi connectivity index (χ2n) is 13.9. The van der Waals surface area contributed by atoms with Crippen molar-refractivity contribution in [2.75, 3.05) is 62.4 Å². The van der Waals surface area contributed by atoms with Gasteiger partial charge in [-0.25, -0.2) is 0 Å². The highest BCUT2D eigenvalue weighted by Crippen LogP contribution is 2.45. The molecule has 6 nitrogen and oxygen atoms in total. The van der Waals surface area contributed by atoms with Gasteiger partial charge in [0, 0.05) is 50.8 Å². The van der Waals surface area contributed by atoms with Gasteiger partial charge in [-0.15, -0.1) is 0 Å². The van der Waals surface area contributed by atoms with Gasteiger partial charge in [0.1, 0.15) is 11.5 Å². The van der Waals surface area contributed by atoms with Gasteiger partial charge >= 0.3 is 0 Å². The van der Waals surface area contributed by atoms with E-state index in [0.717, 1.165) is 74.7 Å². The Morgan fingerprint density at radius 3 is 1.16 bits per heavy atom. The van der Waals surface area contributed by atoms with Gasteiger partial charge in [0.2, 0.25) is 0 Å². The van der Waals surface area contributed by atoms with Crippen molar-refractivity contribution in [1.29, 1.82) is 0 Å². The Balaban J connectivity index is 1.29. The van der Waals surface area contributed by atoms with E-state index >= 15 is 0 Å². The third-order valence-electron chi connectivity index (χ3n) is 10.2. The van der Waals surface area contributed by atoms with Crippen LogP contribution in [0.4, 0.5) is 11.4 Å². The number of hydrogen-bond acceptors (Lipinski definition) is 6. The molecule has 0 saturated heterocycles. The van der Waals surface area contributed by atoms with Gasteiger partial charge in [-0.3, -0.25) is 0 Å². The van der Waals surface area contributed by atoms with Crippen LogP contribution in [0.15, 0.2) is 72.2 Å². The number of hydrogen-bond donors (Lipinski definition) is 2. The number of allylic oxidation sites excluding steroid dienone is 4. The molecular weight excluding hydrogens is 620 g/mol. The summed E-state index contributed by atoms with van der Waals surface area (Å²) in [5, 5.41) is 22.1. The van der Waals surface area contributed by atoms with Crippen LogP contribution in [0.3, 0.4) is 0 Å². The summed E-state index contributed by atoms with van der Waals surface area (Å²) in [6, 6.07) is 16.2. The molecule has 0 fully saturated rings. The van der Waals surface area contributed by atoms with E-state index in [1.165, 1.54) is 89.9 Å². The molecule has 4 heterocycles. The van der Waals surface area contributed by atoms with Gasteiger partial charge in [0.15, 0.2) is 0 Å². The van der Waals surface area contributed by atoms with E-state index in [4.69, 9.17) is 9.47 Å². The molecule has 1 aliphatic carbocycles. The molecule has 5 aliphatic rings. The maximum absolute atomic E-state index is 11.0. The number of nitrogens with zero attached hydrogens (tertiary/aromatic N) is 2. The Labute approximate surface area is 303 Å². The smallest absolute Gasteiger partial charge is 0.138 e. The summed E-state index contributed by atoms with van der Waals surface area (Å²) in [5.41, 5.74) is 4.88. The second kappa shape index (κ2) is 23.3. The molecule has 0 saturated carbocycles. The minimum absolute atomic E-state index is 0.145. The van der Waals surface area contributed by atoms with Crippen LogP contribution in [0.2, 0.25) is 0 Å². The van der Waals surface area contributed by atoms with Gasteiger partial charge in [0.25, 0.3) is 0 Å². The first kappa shape index (κ1) is 39.6. The molecule has 276 valence electrons. The number of rotatable bonds is 2. The van der Waals surface area contributed by atoms with E-state index in [-0.39, 0.29) is 11.5 Å². The van der Waals surface area contributed by atoms with Gasteiger partial charge in [0.05, 0.1) is 24.4 Å². The molecule has 7 rings (SSSR count). The molecule has 2 aromatic rings. The van der Waals surface area contributed by atoms with E-state index in [0.29, 0.717) is 24.4 Å². The lowest BCUT2D eigenvalue weighted by molar-refractivity contribution is 0.135. The van der Waals surface area contributed by atoms with Crippen LogP contribution < -0.4 is 9.80 Å². The molecule has 2 aromatic carbocycles. The zero-order chi connectivity index (χ0) is 35.2. The first-order valence-electron chi connectivity index (χ1n) is 20.0. The van der Waals surface area contributed by atoms with Gasteiger partial charge in [-0.05, 0) is 87.8 Å². The molecule has 0 spiro atoms. The summed E-state index contributed by atoms with van der Waals surface area (Å²) in [6.45, 7) is 10.9. The van der Waals surface area contributed by atoms with Crippen LogP contribution in [0.1, 0.15) is 128 Å². The average molecular weight is 687 g/mol. The van der Waals surface area contributed by atoms with Crippen molar-refractivity contribution in [2.45, 2.75) is 117 Å². The van der Waals surface area contributed by atoms with Crippen LogP contribution in [-0.4, -0.2) is 62.8 Å². The van der Waals surface area contributed by atoms with Crippen molar-refractivity contribution >= 4 is 22.5 Å². The summed E-state index contributed by atoms with van der Waals surface area (Å²) in [7, 11) is 0. The van der Waals surface area contributed by atoms with Gasteiger partial charge in [-0.1, -0.05) is 101 Å². The quantitative estimate of drug-likeness (QED) is 0.307. The van der Waals surface area contributed by atoms with Crippen LogP contribution in [0.25, 0.3) is 11.1 Å². The van der Waals surface area contributed by atoms with E-state index < -0.39 is 0 Å². The largest absolute Gasteiger partial charge is 0.506 e. The Kier molecular flexibility index (Phi) is 18.4. The number of aliphatic hydroxyl groups is 2. The van der Waals surface area contributed by atoms with Gasteiger partial charge in [-0.2, -0.15) is 0 Å². The van der Waals surface area contributed by atoms with E-state index in [1.807, 2.05) is 24.3 Å². The number of anilines is 2. The monoisotopic (exact) mass is 687 g/mol. The maximum atomic E-state index is 11.0. The summed E-state index contributed by atoms with van der Waals surface area (Å²) in [5.74, 6) is 0.290. The lowest BCUT2D eigenvalue weighted by Crippen LogP contribution is -2.27. The SMILES string of the molecule is CCN1CCOCCCCCCCCCC=CCCCCCCCCCOCCN(CC)c2ccc(cc2)C2=C(O)C(=C2O)c2ccc1cc2. The first-order chi connectivity index (χ1) is 24.6. The third-order valence-corrected chi connectivity index (χ3v) is 10.2. The zero-order valence-electron chi connectivity index (χ0n) is 31.3. The fourth-order valence-electron chi connectivity index (χ4n) is 7.07. The number of fused-ring (bicyclic) bond motifs is 2. The summed E-state index contributed by atoms with van der Waals surface area (Å²) < 4.78 is 12.0. The van der Waals surface area contributed by atoms with E-state index in [1.54, 1.807) is 0 Å². The molecule has 2 N–H and O–H groups in total. The Morgan fingerprint density at radius 2 is 0.800 bits per heavy atom. The summed E-state index contributed by atoms with van der Waals surface area (Å²) in [4.78, 5) is 4.61. The van der Waals surface area contributed by atoms with Crippen molar-refractivity contribution < 1.29 is 19.7 Å². The number of ether oxygens (including phenoxy) is 2. The highest BCUT2D eigenvalue weighted by molar-refractivity contribution is 6.06. The highest BCUT2D eigenvalue weighted by Gasteiger charge is 2.31. The third kappa shape index (κ3) is 12.8. The minimum atomic E-state index is 0.145. The fraction of sp³-hybridized carbons (Fsp3) is 0.591. The van der Waals surface area contributed by atoms with Gasteiger partial charge < -0.3 is 29.5 Å². The minimum Gasteiger partial charge on any atom is -0.506 e. The van der Waals surface area contributed by atoms with Crippen LogP contribution in [-0.2, 0) is 9.47 Å². The Hall–Kier alpha value is -3.22. The van der Waals surface area contributed by atoms with Crippen LogP contribution in [0, 0.1) is 0 Å². The van der Waals surface area contributed by atoms with Crippen molar-refractivity contribution in [3.8, 4) is 0 Å². The highest BCUT2D eigenvalue weighted by atomic mass is 16.5. The molecule has 50 heavy (non-hydrogen) atoms. The van der Waals surface area contributed by atoms with E-state index in [9.17, 15) is 10.2 Å². The van der Waals surface area contributed by atoms with Crippen molar-refractivity contribution in [2.24, 2.45) is 0 Å². The molecule has 0 atom stereocenters. The molecule has 0 radical (unpaired) electrons. The zero-order valence-corrected chi connectivity index (χ0v) is 31.3. The molecule has 0 unspecified atom stereocenters. The van der Waals surface area contributed by atoms with Crippen LogP contribution >= 0.6 is 0 Å². The van der Waals surface area contributed by atoms with Crippen LogP contribution in [0.5, 0.6) is 0 Å². The normalized spacial score (nSPS) is 19.9. The first-order valence-corrected chi connectivity index (χ1v) is 20.0. The molecule has 6 heteroatoms. The molecular formula is C44H66N2O4. The predicted octanol–water partition coefficient (Wildman–Crippen LogP) is 11.4. The number of aliphatic hydroxyl groups excluding tert-OH is 2. The lowest BCUT2D eigenvalue weighted by atomic mass is 9.84. The summed E-state index contributed by atoms with van der Waals surface area (Å²) in [6.07, 6.45) is 25.4. The second-order valence-corrected chi connectivity index (χ2v) is 13.9. The molecule has 0 aromatic heterocycles. The number of benzene rings is 2. The number of likely N-dealkylation sites (N-methyl/N-ethyl adjacent to an activating group) is 2. The molecule has 6 bridgehead atoms. The Bertz CT molecular complexity index is 1200. The lowest BCUT2D eigenvalue weighted by Gasteiger charge is -2.27. The fourth-order valence-corrected chi connectivity index (χ4v) is 7.07. The Morgan fingerprint density at radius 1 is 0.460 bits per heavy atom.